The van der Waals surface area contributed by atoms with Crippen molar-refractivity contribution in [2.75, 3.05) is 4.90 Å². The quantitative estimate of drug-likeness (QED) is 0.163. The molecule has 0 radical (unpaired) electrons. The smallest absolute Gasteiger partial charge is 0.143 e. The van der Waals surface area contributed by atoms with Crippen LogP contribution in [0.1, 0.15) is 25.0 Å². The van der Waals surface area contributed by atoms with Crippen LogP contribution in [0, 0.1) is 0 Å². The Labute approximate surface area is 358 Å². The first-order valence-electron chi connectivity index (χ1n) is 21.4. The second-order valence-corrected chi connectivity index (χ2v) is 17.2. The standard InChI is InChI=1S/C59H39NO2/c1-59(2)52-25-12-10-19-44(52)45-32-31-39(35-53(45)59)60(38-29-27-37(28-30-38)41-23-14-24-49-46-20-11-13-26-54(46)61-56(41)49)40-33-50(36-15-4-3-5-16-36)57-51(34-40)55-47-21-8-6-17-42(47)43-18-7-9-22-48(43)58(55)62-57/h3-35H,1-2H3. The number of rotatable bonds is 5. The van der Waals surface area contributed by atoms with Gasteiger partial charge in [0.2, 0.25) is 0 Å². The zero-order valence-electron chi connectivity index (χ0n) is 34.3. The molecule has 13 rings (SSSR count). The normalized spacial score (nSPS) is 13.1. The van der Waals surface area contributed by atoms with E-state index in [4.69, 9.17) is 8.83 Å². The number of hydrogen-bond donors (Lipinski definition) is 0. The predicted octanol–water partition coefficient (Wildman–Crippen LogP) is 16.9. The van der Waals surface area contributed by atoms with E-state index in [1.165, 1.54) is 38.4 Å². The first kappa shape index (κ1) is 34.9. The van der Waals surface area contributed by atoms with Crippen LogP contribution in [0.2, 0.25) is 0 Å². The van der Waals surface area contributed by atoms with E-state index in [2.05, 4.69) is 207 Å². The van der Waals surface area contributed by atoms with Crippen molar-refractivity contribution in [2.24, 2.45) is 0 Å². The van der Waals surface area contributed by atoms with Gasteiger partial charge in [0.05, 0.1) is 0 Å². The topological polar surface area (TPSA) is 29.5 Å². The summed E-state index contributed by atoms with van der Waals surface area (Å²) in [7, 11) is 0. The molecule has 0 saturated carbocycles. The Morgan fingerprint density at radius 2 is 0.919 bits per heavy atom. The average molecular weight is 794 g/mol. The first-order chi connectivity index (χ1) is 30.5. The molecule has 0 fully saturated rings. The van der Waals surface area contributed by atoms with Gasteiger partial charge in [0, 0.05) is 60.5 Å². The highest BCUT2D eigenvalue weighted by atomic mass is 16.3. The van der Waals surface area contributed by atoms with Crippen LogP contribution in [0.15, 0.2) is 209 Å². The molecule has 2 heterocycles. The molecule has 0 N–H and O–H groups in total. The molecule has 0 amide bonds. The molecule has 0 saturated heterocycles. The van der Waals surface area contributed by atoms with Gasteiger partial charge in [-0.1, -0.05) is 172 Å². The Bertz CT molecular complexity index is 3780. The fourth-order valence-electron chi connectivity index (χ4n) is 10.5. The number of para-hydroxylation sites is 2. The summed E-state index contributed by atoms with van der Waals surface area (Å²) in [5, 5.41) is 9.19. The monoisotopic (exact) mass is 793 g/mol. The summed E-state index contributed by atoms with van der Waals surface area (Å²) < 4.78 is 13.6. The van der Waals surface area contributed by atoms with Crippen molar-refractivity contribution in [1.82, 2.24) is 0 Å². The van der Waals surface area contributed by atoms with Crippen molar-refractivity contribution in [3.05, 3.63) is 211 Å². The second kappa shape index (κ2) is 13.1. The summed E-state index contributed by atoms with van der Waals surface area (Å²) in [5.41, 5.74) is 16.3. The highest BCUT2D eigenvalue weighted by Crippen LogP contribution is 2.52. The minimum Gasteiger partial charge on any atom is -0.455 e. The zero-order valence-corrected chi connectivity index (χ0v) is 34.3. The van der Waals surface area contributed by atoms with Crippen LogP contribution < -0.4 is 4.90 Å². The summed E-state index contributed by atoms with van der Waals surface area (Å²) in [6.45, 7) is 4.71. The van der Waals surface area contributed by atoms with Gasteiger partial charge in [0.1, 0.15) is 22.3 Å². The van der Waals surface area contributed by atoms with Gasteiger partial charge in [-0.3, -0.25) is 0 Å². The van der Waals surface area contributed by atoms with Crippen LogP contribution in [-0.2, 0) is 5.41 Å². The minimum atomic E-state index is -0.164. The molecular formula is C59H39NO2. The van der Waals surface area contributed by atoms with Crippen LogP contribution in [0.25, 0.3) is 98.8 Å². The number of hydrogen-bond acceptors (Lipinski definition) is 3. The highest BCUT2D eigenvalue weighted by Gasteiger charge is 2.36. The maximum absolute atomic E-state index is 7.12. The summed E-state index contributed by atoms with van der Waals surface area (Å²) in [6.07, 6.45) is 0. The Balaban J connectivity index is 1.08. The molecule has 0 spiro atoms. The number of nitrogens with zero attached hydrogens (tertiary/aromatic N) is 1. The number of benzene rings is 10. The van der Waals surface area contributed by atoms with Gasteiger partial charge in [-0.05, 0) is 92.0 Å². The van der Waals surface area contributed by atoms with E-state index in [9.17, 15) is 0 Å². The lowest BCUT2D eigenvalue weighted by Gasteiger charge is -2.29. The Hall–Kier alpha value is -7.88. The third kappa shape index (κ3) is 5.00. The SMILES string of the molecule is CC1(C)c2ccccc2-c2ccc(N(c3ccc(-c4cccc5c4oc4ccccc45)cc3)c3cc(-c4ccccc4)c4oc5c6ccccc6c6ccccc6c5c4c3)cc21. The Morgan fingerprint density at radius 1 is 0.339 bits per heavy atom. The van der Waals surface area contributed by atoms with Crippen molar-refractivity contribution in [3.8, 4) is 33.4 Å². The Kier molecular flexibility index (Phi) is 7.36. The van der Waals surface area contributed by atoms with Crippen molar-refractivity contribution < 1.29 is 8.83 Å². The van der Waals surface area contributed by atoms with E-state index in [1.807, 2.05) is 12.1 Å². The van der Waals surface area contributed by atoms with Crippen LogP contribution in [0.4, 0.5) is 17.1 Å². The van der Waals surface area contributed by atoms with E-state index >= 15 is 0 Å². The van der Waals surface area contributed by atoms with E-state index < -0.39 is 0 Å². The molecule has 1 aliphatic rings. The van der Waals surface area contributed by atoms with Crippen LogP contribution in [-0.4, -0.2) is 0 Å². The molecule has 62 heavy (non-hydrogen) atoms. The molecular weight excluding hydrogens is 755 g/mol. The van der Waals surface area contributed by atoms with E-state index in [1.54, 1.807) is 0 Å². The maximum Gasteiger partial charge on any atom is 0.143 e. The van der Waals surface area contributed by atoms with Gasteiger partial charge < -0.3 is 13.7 Å². The highest BCUT2D eigenvalue weighted by molar-refractivity contribution is 6.31. The number of anilines is 3. The average Bonchev–Trinajstić information content (AvgIpc) is 3.98. The van der Waals surface area contributed by atoms with Crippen molar-refractivity contribution >= 4 is 82.5 Å². The van der Waals surface area contributed by atoms with Gasteiger partial charge >= 0.3 is 0 Å². The molecule has 0 aliphatic heterocycles. The molecule has 3 heteroatoms. The van der Waals surface area contributed by atoms with Crippen LogP contribution in [0.5, 0.6) is 0 Å². The Morgan fingerprint density at radius 3 is 1.74 bits per heavy atom. The summed E-state index contributed by atoms with van der Waals surface area (Å²) in [5.74, 6) is 0. The zero-order chi connectivity index (χ0) is 41.1. The lowest BCUT2D eigenvalue weighted by molar-refractivity contribution is 0.660. The molecule has 3 nitrogen and oxygen atoms in total. The summed E-state index contributed by atoms with van der Waals surface area (Å²) >= 11 is 0. The van der Waals surface area contributed by atoms with Gasteiger partial charge in [0.15, 0.2) is 0 Å². The second-order valence-electron chi connectivity index (χ2n) is 17.2. The molecule has 0 unspecified atom stereocenters. The number of fused-ring (bicyclic) bond motifs is 14. The van der Waals surface area contributed by atoms with Crippen LogP contribution in [0.3, 0.4) is 0 Å². The summed E-state index contributed by atoms with van der Waals surface area (Å²) in [4.78, 5) is 2.43. The van der Waals surface area contributed by atoms with Crippen molar-refractivity contribution in [2.45, 2.75) is 19.3 Å². The maximum atomic E-state index is 7.12. The lowest BCUT2D eigenvalue weighted by atomic mass is 9.82. The van der Waals surface area contributed by atoms with Gasteiger partial charge in [0.25, 0.3) is 0 Å². The molecule has 0 atom stereocenters. The van der Waals surface area contributed by atoms with Crippen molar-refractivity contribution in [1.29, 1.82) is 0 Å². The fraction of sp³-hybridized carbons (Fsp3) is 0.0508. The largest absolute Gasteiger partial charge is 0.455 e. The van der Waals surface area contributed by atoms with Crippen LogP contribution >= 0.6 is 0 Å². The van der Waals surface area contributed by atoms with E-state index in [0.29, 0.717) is 0 Å². The fourth-order valence-corrected chi connectivity index (χ4v) is 10.5. The molecule has 292 valence electrons. The van der Waals surface area contributed by atoms with Gasteiger partial charge in [-0.25, -0.2) is 0 Å². The van der Waals surface area contributed by atoms with E-state index in [-0.39, 0.29) is 5.41 Å². The molecule has 10 aromatic carbocycles. The van der Waals surface area contributed by atoms with E-state index in [0.717, 1.165) is 88.6 Å². The van der Waals surface area contributed by atoms with Crippen molar-refractivity contribution in [3.63, 3.8) is 0 Å². The van der Waals surface area contributed by atoms with Gasteiger partial charge in [-0.2, -0.15) is 0 Å². The van der Waals surface area contributed by atoms with Gasteiger partial charge in [-0.15, -0.1) is 0 Å². The minimum absolute atomic E-state index is 0.164. The molecule has 0 bridgehead atoms. The number of furan rings is 2. The first-order valence-corrected chi connectivity index (χ1v) is 21.4. The third-order valence-corrected chi connectivity index (χ3v) is 13.4. The lowest BCUT2D eigenvalue weighted by Crippen LogP contribution is -2.16. The predicted molar refractivity (Wildman–Crippen MR) is 259 cm³/mol. The third-order valence-electron chi connectivity index (χ3n) is 13.4. The summed E-state index contributed by atoms with van der Waals surface area (Å²) in [6, 6.07) is 72.4. The molecule has 2 aromatic heterocycles. The molecule has 1 aliphatic carbocycles. The molecule has 12 aromatic rings.